The summed E-state index contributed by atoms with van der Waals surface area (Å²) in [4.78, 5) is 5.33. The summed E-state index contributed by atoms with van der Waals surface area (Å²) in [5, 5.41) is 4.57. The van der Waals surface area contributed by atoms with Crippen LogP contribution >= 0.6 is 0 Å². The Hall–Kier alpha value is -0.870. The third-order valence-electron chi connectivity index (χ3n) is 4.81. The van der Waals surface area contributed by atoms with Gasteiger partial charge in [0.15, 0.2) is 0 Å². The van der Waals surface area contributed by atoms with E-state index in [0.717, 1.165) is 19.1 Å². The number of aryl methyl sites for hydroxylation is 2. The molecule has 0 amide bonds. The molecule has 0 radical (unpaired) electrons. The number of aromatic nitrogens is 2. The first-order chi connectivity index (χ1) is 9.17. The molecule has 0 unspecified atom stereocenters. The smallest absolute Gasteiger partial charge is 0.0638 e. The summed E-state index contributed by atoms with van der Waals surface area (Å²) >= 11 is 0. The first-order valence-electron chi connectivity index (χ1n) is 7.68. The minimum Gasteiger partial charge on any atom is -0.298 e. The highest BCUT2D eigenvalue weighted by Crippen LogP contribution is 2.26. The van der Waals surface area contributed by atoms with Gasteiger partial charge in [0.1, 0.15) is 0 Å². The van der Waals surface area contributed by atoms with E-state index in [9.17, 15) is 0 Å². The van der Waals surface area contributed by atoms with E-state index in [1.165, 1.54) is 43.7 Å². The molecule has 4 nitrogen and oxygen atoms in total. The molecule has 3 heterocycles. The molecular formula is C15H26N4. The van der Waals surface area contributed by atoms with Crippen LogP contribution in [0.5, 0.6) is 0 Å². The van der Waals surface area contributed by atoms with Gasteiger partial charge in [-0.1, -0.05) is 0 Å². The van der Waals surface area contributed by atoms with Crippen LogP contribution in [0.3, 0.4) is 0 Å². The summed E-state index contributed by atoms with van der Waals surface area (Å²) < 4.78 is 2.06. The van der Waals surface area contributed by atoms with Gasteiger partial charge in [-0.3, -0.25) is 14.5 Å². The molecule has 3 rings (SSSR count). The Balaban J connectivity index is 1.69. The average molecular weight is 262 g/mol. The Morgan fingerprint density at radius 1 is 1.37 bits per heavy atom. The molecular weight excluding hydrogens is 236 g/mol. The fourth-order valence-corrected chi connectivity index (χ4v) is 3.56. The molecule has 0 spiro atoms. The van der Waals surface area contributed by atoms with Crippen LogP contribution in [0.25, 0.3) is 0 Å². The fourth-order valence-electron chi connectivity index (χ4n) is 3.56. The zero-order chi connectivity index (χ0) is 13.4. The summed E-state index contributed by atoms with van der Waals surface area (Å²) in [6.07, 6.45) is 5.00. The molecule has 4 heteroatoms. The monoisotopic (exact) mass is 262 g/mol. The second-order valence-electron chi connectivity index (χ2n) is 6.16. The molecule has 2 fully saturated rings. The predicted molar refractivity (Wildman–Crippen MR) is 77.1 cm³/mol. The van der Waals surface area contributed by atoms with Crippen molar-refractivity contribution in [1.82, 2.24) is 19.6 Å². The molecule has 1 aromatic rings. The Morgan fingerprint density at radius 2 is 2.21 bits per heavy atom. The maximum atomic E-state index is 4.57. The third kappa shape index (κ3) is 2.56. The predicted octanol–water partition coefficient (Wildman–Crippen LogP) is 1.88. The lowest BCUT2D eigenvalue weighted by molar-refractivity contribution is 0.0539. The molecule has 19 heavy (non-hydrogen) atoms. The zero-order valence-corrected chi connectivity index (χ0v) is 12.5. The highest BCUT2D eigenvalue weighted by atomic mass is 15.3. The van der Waals surface area contributed by atoms with Gasteiger partial charge >= 0.3 is 0 Å². The number of hydrogen-bond acceptors (Lipinski definition) is 3. The molecule has 106 valence electrons. The van der Waals surface area contributed by atoms with Gasteiger partial charge in [0, 0.05) is 50.0 Å². The summed E-state index contributed by atoms with van der Waals surface area (Å²) in [5.74, 6) is 0. The SMILES string of the molecule is CCn1cc(CN2C[C@@H]3CCCN3C[C@H]2C)c(C)n1. The second-order valence-corrected chi connectivity index (χ2v) is 6.16. The van der Waals surface area contributed by atoms with Crippen LogP contribution in [-0.4, -0.2) is 51.3 Å². The van der Waals surface area contributed by atoms with E-state index in [-0.39, 0.29) is 0 Å². The van der Waals surface area contributed by atoms with Crippen molar-refractivity contribution in [3.63, 3.8) is 0 Å². The topological polar surface area (TPSA) is 24.3 Å². The van der Waals surface area contributed by atoms with Gasteiger partial charge < -0.3 is 0 Å². The number of piperazine rings is 1. The Labute approximate surface area is 116 Å². The van der Waals surface area contributed by atoms with Gasteiger partial charge in [-0.2, -0.15) is 5.10 Å². The maximum absolute atomic E-state index is 4.57. The molecule has 0 saturated carbocycles. The largest absolute Gasteiger partial charge is 0.298 e. The summed E-state index contributed by atoms with van der Waals surface area (Å²) in [5.41, 5.74) is 2.60. The van der Waals surface area contributed by atoms with Crippen LogP contribution in [0.2, 0.25) is 0 Å². The Kier molecular flexibility index (Phi) is 3.63. The van der Waals surface area contributed by atoms with Crippen molar-refractivity contribution in [2.24, 2.45) is 0 Å². The van der Waals surface area contributed by atoms with E-state index in [0.29, 0.717) is 6.04 Å². The van der Waals surface area contributed by atoms with Gasteiger partial charge in [-0.25, -0.2) is 0 Å². The number of fused-ring (bicyclic) bond motifs is 1. The second kappa shape index (κ2) is 5.25. The first kappa shape index (κ1) is 13.1. The van der Waals surface area contributed by atoms with Crippen molar-refractivity contribution in [2.75, 3.05) is 19.6 Å². The van der Waals surface area contributed by atoms with Gasteiger partial charge in [0.2, 0.25) is 0 Å². The van der Waals surface area contributed by atoms with Crippen LogP contribution in [0.15, 0.2) is 6.20 Å². The van der Waals surface area contributed by atoms with Crippen LogP contribution in [0.4, 0.5) is 0 Å². The quantitative estimate of drug-likeness (QED) is 0.831. The minimum absolute atomic E-state index is 0.665. The summed E-state index contributed by atoms with van der Waals surface area (Å²) in [6, 6.07) is 1.47. The standard InChI is InChI=1S/C15H26N4/c1-4-19-10-14(13(3)16-19)9-18-11-15-6-5-7-17(15)8-12(18)2/h10,12,15H,4-9,11H2,1-3H3/t12-,15+/m1/s1. The molecule has 0 bridgehead atoms. The van der Waals surface area contributed by atoms with Crippen LogP contribution in [0.1, 0.15) is 37.9 Å². The van der Waals surface area contributed by atoms with Crippen LogP contribution < -0.4 is 0 Å². The molecule has 1 aromatic heterocycles. The number of rotatable bonds is 3. The number of hydrogen-bond donors (Lipinski definition) is 0. The molecule has 2 saturated heterocycles. The van der Waals surface area contributed by atoms with Crippen LogP contribution in [0, 0.1) is 6.92 Å². The van der Waals surface area contributed by atoms with Crippen LogP contribution in [-0.2, 0) is 13.1 Å². The lowest BCUT2D eigenvalue weighted by atomic mass is 10.1. The highest BCUT2D eigenvalue weighted by molar-refractivity contribution is 5.15. The van der Waals surface area contributed by atoms with Crippen molar-refractivity contribution in [3.8, 4) is 0 Å². The lowest BCUT2D eigenvalue weighted by Gasteiger charge is -2.42. The zero-order valence-electron chi connectivity index (χ0n) is 12.5. The van der Waals surface area contributed by atoms with Crippen molar-refractivity contribution in [1.29, 1.82) is 0 Å². The summed E-state index contributed by atoms with van der Waals surface area (Å²) in [7, 11) is 0. The van der Waals surface area contributed by atoms with Crippen molar-refractivity contribution < 1.29 is 0 Å². The van der Waals surface area contributed by atoms with Gasteiger partial charge in [-0.15, -0.1) is 0 Å². The lowest BCUT2D eigenvalue weighted by Crippen LogP contribution is -2.54. The minimum atomic E-state index is 0.665. The molecule has 2 aliphatic rings. The molecule has 0 aliphatic carbocycles. The van der Waals surface area contributed by atoms with Gasteiger partial charge in [0.25, 0.3) is 0 Å². The fraction of sp³-hybridized carbons (Fsp3) is 0.800. The molecule has 2 aliphatic heterocycles. The summed E-state index contributed by atoms with van der Waals surface area (Å²) in [6.45, 7) is 12.5. The van der Waals surface area contributed by atoms with E-state index in [1.54, 1.807) is 0 Å². The van der Waals surface area contributed by atoms with E-state index in [4.69, 9.17) is 0 Å². The van der Waals surface area contributed by atoms with Crippen molar-refractivity contribution in [2.45, 2.75) is 58.8 Å². The molecule has 0 aromatic carbocycles. The average Bonchev–Trinajstić information content (AvgIpc) is 2.97. The van der Waals surface area contributed by atoms with Crippen molar-refractivity contribution in [3.05, 3.63) is 17.5 Å². The maximum Gasteiger partial charge on any atom is 0.0638 e. The normalized spacial score (nSPS) is 28.8. The number of nitrogens with zero attached hydrogens (tertiary/aromatic N) is 4. The Bertz CT molecular complexity index is 439. The molecule has 2 atom stereocenters. The van der Waals surface area contributed by atoms with E-state index >= 15 is 0 Å². The van der Waals surface area contributed by atoms with E-state index in [2.05, 4.69) is 46.5 Å². The van der Waals surface area contributed by atoms with Crippen molar-refractivity contribution >= 4 is 0 Å². The Morgan fingerprint density at radius 3 is 2.95 bits per heavy atom. The highest BCUT2D eigenvalue weighted by Gasteiger charge is 2.34. The van der Waals surface area contributed by atoms with E-state index in [1.807, 2.05) is 0 Å². The van der Waals surface area contributed by atoms with Gasteiger partial charge in [-0.05, 0) is 40.2 Å². The van der Waals surface area contributed by atoms with E-state index < -0.39 is 0 Å². The van der Waals surface area contributed by atoms with Gasteiger partial charge in [0.05, 0.1) is 5.69 Å². The third-order valence-corrected chi connectivity index (χ3v) is 4.81. The first-order valence-corrected chi connectivity index (χ1v) is 7.68. The molecule has 0 N–H and O–H groups in total.